The molecule has 2 fully saturated rings. The summed E-state index contributed by atoms with van der Waals surface area (Å²) in [5.74, 6) is 0.690. The van der Waals surface area contributed by atoms with Crippen molar-refractivity contribution >= 4 is 11.9 Å². The number of unbranched alkanes of at least 4 members (excludes halogenated alkanes) is 4. The van der Waals surface area contributed by atoms with Crippen molar-refractivity contribution in [1.29, 1.82) is 0 Å². The predicted molar refractivity (Wildman–Crippen MR) is 192 cm³/mol. The molecule has 0 amide bonds. The second kappa shape index (κ2) is 21.1. The van der Waals surface area contributed by atoms with Crippen LogP contribution in [0.25, 0.3) is 0 Å². The summed E-state index contributed by atoms with van der Waals surface area (Å²) in [5, 5.41) is 19.6. The monoisotopic (exact) mass is 666 g/mol. The number of benzene rings is 2. The quantitative estimate of drug-likeness (QED) is 0.153. The molecule has 2 saturated carbocycles. The van der Waals surface area contributed by atoms with Crippen molar-refractivity contribution in [3.63, 3.8) is 0 Å². The molecule has 2 aliphatic carbocycles. The number of hydrogen-bond acceptors (Lipinski definition) is 5. The number of carboxylic acid groups (broad SMARTS) is 2. The first-order valence-corrected chi connectivity index (χ1v) is 18.8. The van der Waals surface area contributed by atoms with E-state index >= 15 is 0 Å². The van der Waals surface area contributed by atoms with Crippen LogP contribution in [0.2, 0.25) is 0 Å². The smallest absolute Gasteiger partial charge is 0.314 e. The first kappa shape index (κ1) is 39.4. The third-order valence-corrected chi connectivity index (χ3v) is 10.3. The maximum Gasteiger partial charge on any atom is 0.314 e. The average molecular weight is 667 g/mol. The van der Waals surface area contributed by atoms with Gasteiger partial charge in [-0.1, -0.05) is 83.6 Å². The number of aliphatic carboxylic acids is 2. The van der Waals surface area contributed by atoms with Crippen LogP contribution in [0.5, 0.6) is 11.5 Å². The lowest BCUT2D eigenvalue weighted by molar-refractivity contribution is -0.146. The van der Waals surface area contributed by atoms with E-state index in [1.807, 2.05) is 55.5 Å². The van der Waals surface area contributed by atoms with Gasteiger partial charge in [0.1, 0.15) is 11.5 Å². The SMILES string of the molecule is CCCCCC1CCC(C(=O)O)(c2ccc(OCCCC)cc2)CC1.CCCCOC1CCC(c2ccc(OCC)cc2)C(C(=O)O)C1. The minimum absolute atomic E-state index is 0.0641. The standard InChI is InChI=1S/C22H34O3.C19H28O4/c1-3-5-7-8-18-13-15-22(16-14-18,21(23)24)19-9-11-20(12-10-19)25-17-6-4-2;1-3-5-12-23-16-10-11-17(18(13-16)19(20)21)14-6-8-15(9-7-14)22-4-2/h9-12,18H,3-8,13-17H2,1-2H3,(H,23,24);6-9,16-18H,3-5,10-13H2,1-2H3,(H,20,21). The second-order valence-corrected chi connectivity index (χ2v) is 13.8. The zero-order valence-corrected chi connectivity index (χ0v) is 30.1. The number of hydrogen-bond donors (Lipinski definition) is 2. The molecule has 4 rings (SSSR count). The molecule has 0 spiro atoms. The summed E-state index contributed by atoms with van der Waals surface area (Å²) >= 11 is 0. The Kier molecular flexibility index (Phi) is 17.3. The van der Waals surface area contributed by atoms with Gasteiger partial charge in [0.05, 0.1) is 30.7 Å². The Morgan fingerprint density at radius 1 is 0.729 bits per heavy atom. The van der Waals surface area contributed by atoms with Crippen molar-refractivity contribution in [2.45, 2.75) is 141 Å². The maximum absolute atomic E-state index is 12.1. The van der Waals surface area contributed by atoms with Crippen LogP contribution >= 0.6 is 0 Å². The van der Waals surface area contributed by atoms with Crippen LogP contribution in [0, 0.1) is 11.8 Å². The van der Waals surface area contributed by atoms with Gasteiger partial charge in [0, 0.05) is 6.61 Å². The van der Waals surface area contributed by atoms with Gasteiger partial charge in [-0.15, -0.1) is 0 Å². The Labute approximate surface area is 289 Å². The molecule has 7 nitrogen and oxygen atoms in total. The minimum Gasteiger partial charge on any atom is -0.494 e. The van der Waals surface area contributed by atoms with Gasteiger partial charge in [0.15, 0.2) is 0 Å². The molecule has 0 radical (unpaired) electrons. The molecule has 0 aliphatic heterocycles. The topological polar surface area (TPSA) is 102 Å². The summed E-state index contributed by atoms with van der Waals surface area (Å²) in [7, 11) is 0. The van der Waals surface area contributed by atoms with Crippen molar-refractivity contribution in [2.24, 2.45) is 11.8 Å². The van der Waals surface area contributed by atoms with Crippen LogP contribution in [-0.2, 0) is 19.7 Å². The van der Waals surface area contributed by atoms with Crippen LogP contribution in [0.4, 0.5) is 0 Å². The van der Waals surface area contributed by atoms with E-state index in [1.54, 1.807) is 0 Å². The lowest BCUT2D eigenvalue weighted by Crippen LogP contribution is -2.39. The highest BCUT2D eigenvalue weighted by molar-refractivity contribution is 5.81. The molecule has 268 valence electrons. The second-order valence-electron chi connectivity index (χ2n) is 13.8. The van der Waals surface area contributed by atoms with Gasteiger partial charge in [-0.25, -0.2) is 0 Å². The van der Waals surface area contributed by atoms with Gasteiger partial charge in [-0.05, 0) is 112 Å². The Morgan fingerprint density at radius 2 is 1.33 bits per heavy atom. The Bertz CT molecular complexity index is 1180. The van der Waals surface area contributed by atoms with Crippen LogP contribution in [0.1, 0.15) is 141 Å². The normalized spacial score (nSPS) is 23.8. The minimum atomic E-state index is -0.715. The van der Waals surface area contributed by atoms with E-state index in [-0.39, 0.29) is 17.9 Å². The molecule has 2 N–H and O–H groups in total. The van der Waals surface area contributed by atoms with Crippen molar-refractivity contribution < 1.29 is 34.0 Å². The summed E-state index contributed by atoms with van der Waals surface area (Å²) < 4.78 is 17.0. The van der Waals surface area contributed by atoms with Crippen LogP contribution < -0.4 is 9.47 Å². The zero-order chi connectivity index (χ0) is 34.8. The molecule has 48 heavy (non-hydrogen) atoms. The summed E-state index contributed by atoms with van der Waals surface area (Å²) in [6, 6.07) is 15.7. The fraction of sp³-hybridized carbons (Fsp3) is 0.659. The molecule has 2 aromatic rings. The number of carbonyl (C=O) groups is 2. The molecule has 0 bridgehead atoms. The molecule has 2 aromatic carbocycles. The molecule has 3 unspecified atom stereocenters. The highest BCUT2D eigenvalue weighted by atomic mass is 16.5. The van der Waals surface area contributed by atoms with E-state index in [2.05, 4.69) is 20.8 Å². The Hall–Kier alpha value is -3.06. The fourth-order valence-corrected chi connectivity index (χ4v) is 7.30. The molecular weight excluding hydrogens is 604 g/mol. The van der Waals surface area contributed by atoms with Crippen molar-refractivity contribution in [3.05, 3.63) is 59.7 Å². The van der Waals surface area contributed by atoms with Crippen LogP contribution in [-0.4, -0.2) is 48.1 Å². The lowest BCUT2D eigenvalue weighted by atomic mass is 9.66. The van der Waals surface area contributed by atoms with E-state index in [1.165, 1.54) is 25.7 Å². The van der Waals surface area contributed by atoms with Crippen molar-refractivity contribution in [2.75, 3.05) is 19.8 Å². The molecular formula is C41H62O7. The van der Waals surface area contributed by atoms with E-state index in [0.717, 1.165) is 100 Å². The Morgan fingerprint density at radius 3 is 1.92 bits per heavy atom. The van der Waals surface area contributed by atoms with Crippen LogP contribution in [0.3, 0.4) is 0 Å². The van der Waals surface area contributed by atoms with Gasteiger partial charge < -0.3 is 24.4 Å². The molecule has 3 atom stereocenters. The van der Waals surface area contributed by atoms with E-state index in [9.17, 15) is 19.8 Å². The van der Waals surface area contributed by atoms with E-state index < -0.39 is 17.4 Å². The van der Waals surface area contributed by atoms with Gasteiger partial charge in [0.2, 0.25) is 0 Å². The fourth-order valence-electron chi connectivity index (χ4n) is 7.30. The van der Waals surface area contributed by atoms with E-state index in [4.69, 9.17) is 14.2 Å². The summed E-state index contributed by atoms with van der Waals surface area (Å²) in [5.41, 5.74) is 1.33. The van der Waals surface area contributed by atoms with Gasteiger partial charge >= 0.3 is 11.9 Å². The third kappa shape index (κ3) is 11.8. The Balaban J connectivity index is 0.000000261. The largest absolute Gasteiger partial charge is 0.494 e. The number of carboxylic acids is 2. The van der Waals surface area contributed by atoms with Gasteiger partial charge in [0.25, 0.3) is 0 Å². The van der Waals surface area contributed by atoms with E-state index in [0.29, 0.717) is 18.9 Å². The molecule has 0 aromatic heterocycles. The molecule has 7 heteroatoms. The predicted octanol–water partition coefficient (Wildman–Crippen LogP) is 10.2. The summed E-state index contributed by atoms with van der Waals surface area (Å²) in [4.78, 5) is 23.8. The third-order valence-electron chi connectivity index (χ3n) is 10.3. The molecule has 2 aliphatic rings. The average Bonchev–Trinajstić information content (AvgIpc) is 3.10. The molecule has 0 heterocycles. The number of ether oxygens (including phenoxy) is 3. The lowest BCUT2D eigenvalue weighted by Gasteiger charge is -2.37. The zero-order valence-electron chi connectivity index (χ0n) is 30.1. The van der Waals surface area contributed by atoms with Gasteiger partial charge in [-0.3, -0.25) is 9.59 Å². The number of rotatable bonds is 18. The van der Waals surface area contributed by atoms with Crippen LogP contribution in [0.15, 0.2) is 48.5 Å². The maximum atomic E-state index is 12.1. The first-order valence-electron chi connectivity index (χ1n) is 18.8. The highest BCUT2D eigenvalue weighted by Gasteiger charge is 2.43. The van der Waals surface area contributed by atoms with Crippen molar-refractivity contribution in [3.8, 4) is 11.5 Å². The summed E-state index contributed by atoms with van der Waals surface area (Å²) in [6.45, 7) is 10.5. The van der Waals surface area contributed by atoms with Crippen molar-refractivity contribution in [1.82, 2.24) is 0 Å². The first-order chi connectivity index (χ1) is 23.3. The highest BCUT2D eigenvalue weighted by Crippen LogP contribution is 2.44. The summed E-state index contributed by atoms with van der Waals surface area (Å²) in [6.07, 6.45) is 15.4. The molecule has 0 saturated heterocycles. The van der Waals surface area contributed by atoms with Gasteiger partial charge in [-0.2, -0.15) is 0 Å².